The molecule has 66 valence electrons. The van der Waals surface area contributed by atoms with E-state index in [1.807, 2.05) is 18.3 Å². The first-order valence-electron chi connectivity index (χ1n) is 4.45. The van der Waals surface area contributed by atoms with E-state index in [0.29, 0.717) is 11.6 Å². The lowest BCUT2D eigenvalue weighted by Crippen LogP contribution is -1.92. The van der Waals surface area contributed by atoms with E-state index in [4.69, 9.17) is 5.73 Å². The molecular weight excluding hydrogens is 164 g/mol. The Kier molecular flexibility index (Phi) is 1.17. The van der Waals surface area contributed by atoms with E-state index in [1.54, 1.807) is 4.52 Å². The summed E-state index contributed by atoms with van der Waals surface area (Å²) in [6, 6.07) is 3.73. The lowest BCUT2D eigenvalue weighted by atomic mass is 10.4. The Morgan fingerprint density at radius 3 is 3.00 bits per heavy atom. The first kappa shape index (κ1) is 6.88. The second-order valence-corrected chi connectivity index (χ2v) is 3.48. The third kappa shape index (κ3) is 0.983. The van der Waals surface area contributed by atoms with E-state index in [2.05, 4.69) is 10.1 Å². The molecule has 0 radical (unpaired) electrons. The summed E-state index contributed by atoms with van der Waals surface area (Å²) >= 11 is 0. The minimum absolute atomic E-state index is 0.583. The Balaban J connectivity index is 2.26. The number of hydrogen-bond acceptors (Lipinski definition) is 3. The highest BCUT2D eigenvalue weighted by atomic mass is 15.3. The van der Waals surface area contributed by atoms with Gasteiger partial charge in [0.2, 0.25) is 0 Å². The van der Waals surface area contributed by atoms with Crippen molar-refractivity contribution in [3.8, 4) is 0 Å². The maximum absolute atomic E-state index is 5.77. The van der Waals surface area contributed by atoms with Crippen molar-refractivity contribution in [3.63, 3.8) is 0 Å². The van der Waals surface area contributed by atoms with Crippen LogP contribution in [-0.4, -0.2) is 14.6 Å². The van der Waals surface area contributed by atoms with Gasteiger partial charge in [-0.15, -0.1) is 0 Å². The predicted octanol–water partition coefficient (Wildman–Crippen LogP) is 1.19. The number of rotatable bonds is 1. The van der Waals surface area contributed by atoms with Crippen LogP contribution in [0.2, 0.25) is 0 Å². The van der Waals surface area contributed by atoms with Gasteiger partial charge >= 0.3 is 0 Å². The minimum Gasteiger partial charge on any atom is -0.396 e. The molecule has 1 aliphatic rings. The number of hydrogen-bond donors (Lipinski definition) is 1. The second kappa shape index (κ2) is 2.22. The highest BCUT2D eigenvalue weighted by Gasteiger charge is 2.28. The van der Waals surface area contributed by atoms with E-state index < -0.39 is 0 Å². The zero-order chi connectivity index (χ0) is 8.84. The largest absolute Gasteiger partial charge is 0.396 e. The number of nitrogens with two attached hydrogens (primary N) is 1. The van der Waals surface area contributed by atoms with Crippen LogP contribution in [0.15, 0.2) is 18.3 Å². The number of nitrogen functional groups attached to an aromatic ring is 1. The lowest BCUT2D eigenvalue weighted by Gasteiger charge is -1.92. The number of pyridine rings is 1. The Morgan fingerprint density at radius 2 is 2.31 bits per heavy atom. The Labute approximate surface area is 75.4 Å². The van der Waals surface area contributed by atoms with Gasteiger partial charge in [-0.1, -0.05) is 0 Å². The highest BCUT2D eigenvalue weighted by Crippen LogP contribution is 2.38. The smallest absolute Gasteiger partial charge is 0.178 e. The zero-order valence-corrected chi connectivity index (χ0v) is 7.14. The summed E-state index contributed by atoms with van der Waals surface area (Å²) in [4.78, 5) is 4.40. The van der Waals surface area contributed by atoms with Crippen molar-refractivity contribution < 1.29 is 0 Å². The Bertz CT molecular complexity index is 456. The van der Waals surface area contributed by atoms with Crippen molar-refractivity contribution in [1.82, 2.24) is 14.6 Å². The van der Waals surface area contributed by atoms with Gasteiger partial charge in [0, 0.05) is 12.1 Å². The molecule has 1 saturated carbocycles. The molecule has 0 spiro atoms. The molecule has 0 unspecified atom stereocenters. The number of nitrogens with zero attached hydrogens (tertiary/aromatic N) is 3. The molecule has 3 rings (SSSR count). The van der Waals surface area contributed by atoms with Gasteiger partial charge in [0.25, 0.3) is 0 Å². The van der Waals surface area contributed by atoms with Crippen LogP contribution in [0.4, 0.5) is 5.69 Å². The van der Waals surface area contributed by atoms with Gasteiger partial charge in [-0.3, -0.25) is 0 Å². The summed E-state index contributed by atoms with van der Waals surface area (Å²) < 4.78 is 1.75. The molecule has 0 saturated heterocycles. The Hall–Kier alpha value is -1.58. The number of fused-ring (bicyclic) bond motifs is 1. The second-order valence-electron chi connectivity index (χ2n) is 3.48. The molecule has 0 bridgehead atoms. The van der Waals surface area contributed by atoms with E-state index in [1.165, 1.54) is 12.8 Å². The van der Waals surface area contributed by atoms with Crippen LogP contribution in [0.25, 0.3) is 5.65 Å². The van der Waals surface area contributed by atoms with E-state index in [0.717, 1.165) is 11.5 Å². The summed E-state index contributed by atoms with van der Waals surface area (Å²) in [5.41, 5.74) is 7.24. The third-order valence-electron chi connectivity index (χ3n) is 2.35. The Morgan fingerprint density at radius 1 is 1.46 bits per heavy atom. The monoisotopic (exact) mass is 174 g/mol. The average molecular weight is 174 g/mol. The molecule has 4 nitrogen and oxygen atoms in total. The SMILES string of the molecule is Nc1cccn2nc(C3CC3)nc12. The predicted molar refractivity (Wildman–Crippen MR) is 49.4 cm³/mol. The van der Waals surface area contributed by atoms with Gasteiger partial charge in [-0.25, -0.2) is 9.50 Å². The molecule has 0 atom stereocenters. The molecular formula is C9H10N4. The van der Waals surface area contributed by atoms with Crippen LogP contribution in [-0.2, 0) is 0 Å². The fourth-order valence-electron chi connectivity index (χ4n) is 1.46. The fourth-order valence-corrected chi connectivity index (χ4v) is 1.46. The molecule has 1 fully saturated rings. The van der Waals surface area contributed by atoms with Crippen LogP contribution < -0.4 is 5.73 Å². The molecule has 0 aromatic carbocycles. The number of anilines is 1. The van der Waals surface area contributed by atoms with Gasteiger partial charge in [-0.2, -0.15) is 5.10 Å². The standard InChI is InChI=1S/C9H10N4/c10-7-2-1-5-13-9(7)11-8(12-13)6-3-4-6/h1-2,5-6H,3-4,10H2. The maximum atomic E-state index is 5.77. The highest BCUT2D eigenvalue weighted by molar-refractivity contribution is 5.63. The number of aromatic nitrogens is 3. The van der Waals surface area contributed by atoms with Crippen molar-refractivity contribution in [2.24, 2.45) is 0 Å². The topological polar surface area (TPSA) is 56.2 Å². The average Bonchev–Trinajstić information content (AvgIpc) is 2.87. The summed E-state index contributed by atoms with van der Waals surface area (Å²) in [7, 11) is 0. The van der Waals surface area contributed by atoms with Crippen LogP contribution in [0, 0.1) is 0 Å². The van der Waals surface area contributed by atoms with E-state index in [9.17, 15) is 0 Å². The van der Waals surface area contributed by atoms with Crippen LogP contribution in [0.3, 0.4) is 0 Å². The zero-order valence-electron chi connectivity index (χ0n) is 7.14. The molecule has 2 heterocycles. The first-order chi connectivity index (χ1) is 6.34. The molecule has 4 heteroatoms. The summed E-state index contributed by atoms with van der Waals surface area (Å²) in [5, 5.41) is 4.36. The summed E-state index contributed by atoms with van der Waals surface area (Å²) in [6.07, 6.45) is 4.32. The van der Waals surface area contributed by atoms with Gasteiger partial charge in [-0.05, 0) is 25.0 Å². The molecule has 2 aromatic heterocycles. The van der Waals surface area contributed by atoms with Crippen LogP contribution >= 0.6 is 0 Å². The quantitative estimate of drug-likeness (QED) is 0.706. The molecule has 0 aliphatic heterocycles. The molecule has 0 amide bonds. The first-order valence-corrected chi connectivity index (χ1v) is 4.45. The van der Waals surface area contributed by atoms with Crippen LogP contribution in [0.1, 0.15) is 24.6 Å². The van der Waals surface area contributed by atoms with Crippen molar-refractivity contribution in [3.05, 3.63) is 24.2 Å². The summed E-state index contributed by atoms with van der Waals surface area (Å²) in [5.74, 6) is 1.53. The van der Waals surface area contributed by atoms with Gasteiger partial charge < -0.3 is 5.73 Å². The van der Waals surface area contributed by atoms with Crippen molar-refractivity contribution in [1.29, 1.82) is 0 Å². The van der Waals surface area contributed by atoms with Gasteiger partial charge in [0.1, 0.15) is 0 Å². The van der Waals surface area contributed by atoms with Crippen molar-refractivity contribution in [2.45, 2.75) is 18.8 Å². The molecule has 1 aliphatic carbocycles. The van der Waals surface area contributed by atoms with E-state index in [-0.39, 0.29) is 0 Å². The third-order valence-corrected chi connectivity index (χ3v) is 2.35. The van der Waals surface area contributed by atoms with Crippen molar-refractivity contribution in [2.75, 3.05) is 5.73 Å². The fraction of sp³-hybridized carbons (Fsp3) is 0.333. The maximum Gasteiger partial charge on any atom is 0.178 e. The van der Waals surface area contributed by atoms with Crippen molar-refractivity contribution >= 4 is 11.3 Å². The lowest BCUT2D eigenvalue weighted by molar-refractivity contribution is 0.878. The van der Waals surface area contributed by atoms with E-state index >= 15 is 0 Å². The normalized spacial score (nSPS) is 16.6. The minimum atomic E-state index is 0.583. The van der Waals surface area contributed by atoms with Gasteiger partial charge in [0.15, 0.2) is 11.5 Å². The molecule has 2 N–H and O–H groups in total. The van der Waals surface area contributed by atoms with Gasteiger partial charge in [0.05, 0.1) is 5.69 Å². The summed E-state index contributed by atoms with van der Waals surface area (Å²) in [6.45, 7) is 0. The van der Waals surface area contributed by atoms with Crippen LogP contribution in [0.5, 0.6) is 0 Å². The molecule has 2 aromatic rings. The molecule has 13 heavy (non-hydrogen) atoms.